The Morgan fingerprint density at radius 2 is 1.27 bits per heavy atom. The molecule has 32 heteroatoms. The Hall–Kier alpha value is -7.21. The first-order valence-electron chi connectivity index (χ1n) is 17.0. The molecule has 6 aromatic heterocycles. The van der Waals surface area contributed by atoms with Crippen molar-refractivity contribution in [2.75, 3.05) is 0 Å². The van der Waals surface area contributed by atoms with Crippen LogP contribution < -0.4 is 0 Å². The first-order valence-corrected chi connectivity index (χ1v) is 19.1. The number of hydrogen-bond acceptors (Lipinski definition) is 18. The second-order valence-corrected chi connectivity index (χ2v) is 14.1. The third-order valence-corrected chi connectivity index (χ3v) is 8.03. The minimum absolute atomic E-state index is 0.0101. The lowest BCUT2D eigenvalue weighted by Crippen LogP contribution is -2.27. The van der Waals surface area contributed by atoms with Crippen molar-refractivity contribution in [3.63, 3.8) is 0 Å². The summed E-state index contributed by atoms with van der Waals surface area (Å²) in [6.07, 6.45) is 14.6. The minimum atomic E-state index is -1.27. The zero-order valence-electron chi connectivity index (χ0n) is 34.5. The third kappa shape index (κ3) is 18.1. The molecule has 1 N–H and O–H groups in total. The maximum Gasteiger partial charge on any atom is 0.387 e. The summed E-state index contributed by atoms with van der Waals surface area (Å²) in [5, 5.41) is 50.3. The molecule has 0 aliphatic rings. The summed E-state index contributed by atoms with van der Waals surface area (Å²) in [5.41, 5.74) is 0.306. The summed E-state index contributed by atoms with van der Waals surface area (Å²) < 4.78 is 13.0. The summed E-state index contributed by atoms with van der Waals surface area (Å²) in [7, 11) is 8.52. The van der Waals surface area contributed by atoms with Crippen LogP contribution in [0.5, 0.6) is 0 Å². The molecular formula is C31H40BrCl2N17O12. The smallest absolute Gasteiger partial charge is 0.387 e. The van der Waals surface area contributed by atoms with Crippen LogP contribution in [0.25, 0.3) is 0 Å². The summed E-state index contributed by atoms with van der Waals surface area (Å²) >= 11 is 14.5. The van der Waals surface area contributed by atoms with Crippen LogP contribution in [0.15, 0.2) is 62.8 Å². The molecule has 0 radical (unpaired) electrons. The number of carbonyl (C=O) groups excluding carboxylic acids is 1. The number of ether oxygens (including phenoxy) is 1. The number of nitrogens with zero attached hydrogens (tertiary/aromatic N) is 16. The topological polar surface area (TPSA) is 360 Å². The van der Waals surface area contributed by atoms with Crippen molar-refractivity contribution in [1.29, 1.82) is 0 Å². The molecule has 0 saturated heterocycles. The van der Waals surface area contributed by atoms with E-state index in [1.165, 1.54) is 58.6 Å². The fourth-order valence-electron chi connectivity index (χ4n) is 3.99. The number of aryl methyl sites for hydroxylation is 5. The van der Waals surface area contributed by atoms with E-state index in [9.17, 15) is 55.4 Å². The highest BCUT2D eigenvalue weighted by Crippen LogP contribution is 2.30. The van der Waals surface area contributed by atoms with Gasteiger partial charge >= 0.3 is 35.1 Å². The van der Waals surface area contributed by atoms with E-state index in [0.717, 1.165) is 6.20 Å². The van der Waals surface area contributed by atoms with Crippen LogP contribution in [0.4, 0.5) is 29.1 Å². The highest BCUT2D eigenvalue weighted by molar-refractivity contribution is 9.08. The monoisotopic (exact) mass is 991 g/mol. The number of aromatic amines is 1. The Morgan fingerprint density at radius 1 is 0.746 bits per heavy atom. The zero-order valence-corrected chi connectivity index (χ0v) is 37.6. The standard InChI is InChI=1S/C10H14ClN3O4.C5H6BrN3O2.C5H6ClN3O2.C4H5N3O2.C4H6N2.C3H3N3O2/c1-10(2,3)18-9(15)6(11)7-8(14(16)17)12-5-13(7)4;2*1-8-3-7-5(9(10)11)4(8)2-6;1-6-2-4(5-3-6)7(8)9;1-6-3-2-5-4-6;7-6(8)3-1-4-2-5-3/h5-6H,1-4H3;2*3H,2H2,1H3;2-3H,1H3;2-4H,1H3;1-2H,(H,4,5). The van der Waals surface area contributed by atoms with Gasteiger partial charge in [-0.05, 0) is 65.3 Å². The number of hydrogen-bond donors (Lipinski definition) is 1. The van der Waals surface area contributed by atoms with Gasteiger partial charge in [-0.3, -0.25) is 0 Å². The molecule has 0 bridgehead atoms. The normalized spacial score (nSPS) is 10.6. The fourth-order valence-corrected chi connectivity index (χ4v) is 5.24. The molecule has 6 heterocycles. The van der Waals surface area contributed by atoms with Crippen molar-refractivity contribution in [3.05, 3.63) is 130 Å². The predicted molar refractivity (Wildman–Crippen MR) is 225 cm³/mol. The van der Waals surface area contributed by atoms with Crippen LogP contribution in [0.1, 0.15) is 43.2 Å². The number of carbonyl (C=O) groups is 1. The van der Waals surface area contributed by atoms with Crippen molar-refractivity contribution in [3.8, 4) is 0 Å². The molecule has 0 fully saturated rings. The van der Waals surface area contributed by atoms with Gasteiger partial charge in [0.05, 0.1) is 17.5 Å². The van der Waals surface area contributed by atoms with Crippen LogP contribution in [0, 0.1) is 50.6 Å². The molecule has 6 aromatic rings. The Labute approximate surface area is 373 Å². The van der Waals surface area contributed by atoms with E-state index >= 15 is 0 Å². The highest BCUT2D eigenvalue weighted by atomic mass is 79.9. The maximum atomic E-state index is 11.8. The van der Waals surface area contributed by atoms with Crippen molar-refractivity contribution >= 4 is 74.2 Å². The Balaban J connectivity index is 0.000000391. The lowest BCUT2D eigenvalue weighted by Gasteiger charge is -2.21. The van der Waals surface area contributed by atoms with Crippen molar-refractivity contribution in [2.24, 2.45) is 35.2 Å². The Bertz CT molecular complexity index is 2350. The van der Waals surface area contributed by atoms with Crippen LogP contribution in [-0.2, 0) is 56.0 Å². The molecule has 1 unspecified atom stereocenters. The van der Waals surface area contributed by atoms with Gasteiger partial charge in [0, 0.05) is 47.6 Å². The minimum Gasteiger partial charge on any atom is -0.459 e. The van der Waals surface area contributed by atoms with Crippen LogP contribution in [0.2, 0.25) is 0 Å². The van der Waals surface area contributed by atoms with Gasteiger partial charge in [0.25, 0.3) is 0 Å². The number of H-pyrrole nitrogens is 1. The Kier molecular flexibility index (Phi) is 21.8. The number of nitro groups is 5. The number of esters is 1. The summed E-state index contributed by atoms with van der Waals surface area (Å²) in [5.74, 6) is -1.51. The SMILES string of the molecule is Cn1ccnc1.Cn1cnc([N+](=O)[O-])c1.Cn1cnc([N+](=O)[O-])c1C(Cl)C(=O)OC(C)(C)C.Cn1cnc([N+](=O)[O-])c1CBr.Cn1cnc([N+](=O)[O-])c1CCl.O=[N+]([O-])c1cnc[nH]1. The van der Waals surface area contributed by atoms with Crippen LogP contribution >= 0.6 is 39.1 Å². The van der Waals surface area contributed by atoms with Crippen molar-refractivity contribution in [1.82, 2.24) is 57.7 Å². The average molecular weight is 994 g/mol. The van der Waals surface area contributed by atoms with E-state index in [1.54, 1.807) is 59.0 Å². The van der Waals surface area contributed by atoms with E-state index in [2.05, 4.69) is 50.8 Å². The first kappa shape index (κ1) is 53.8. The molecule has 0 aliphatic heterocycles. The fraction of sp³-hybridized carbons (Fsp3) is 0.387. The van der Waals surface area contributed by atoms with Gasteiger partial charge < -0.3 is 78.1 Å². The van der Waals surface area contributed by atoms with E-state index < -0.39 is 47.4 Å². The number of alkyl halides is 3. The van der Waals surface area contributed by atoms with Gasteiger partial charge in [0.15, 0.2) is 11.7 Å². The highest BCUT2D eigenvalue weighted by Gasteiger charge is 2.34. The van der Waals surface area contributed by atoms with Gasteiger partial charge in [-0.2, -0.15) is 0 Å². The summed E-state index contributed by atoms with van der Waals surface area (Å²) in [6, 6.07) is 0. The number of halogens is 3. The molecule has 342 valence electrons. The predicted octanol–water partition coefficient (Wildman–Crippen LogP) is 5.31. The maximum absolute atomic E-state index is 11.8. The summed E-state index contributed by atoms with van der Waals surface area (Å²) in [6.45, 7) is 5.06. The number of imidazole rings is 6. The second-order valence-electron chi connectivity index (χ2n) is 12.8. The van der Waals surface area contributed by atoms with Crippen molar-refractivity contribution in [2.45, 2.75) is 43.0 Å². The lowest BCUT2D eigenvalue weighted by atomic mass is 10.2. The van der Waals surface area contributed by atoms with E-state index in [0.29, 0.717) is 16.7 Å². The molecule has 0 spiro atoms. The molecule has 63 heavy (non-hydrogen) atoms. The van der Waals surface area contributed by atoms with Crippen molar-refractivity contribution < 1.29 is 34.1 Å². The van der Waals surface area contributed by atoms with E-state index in [-0.39, 0.29) is 34.8 Å². The zero-order chi connectivity index (χ0) is 48.2. The van der Waals surface area contributed by atoms with Gasteiger partial charge in [-0.15, -0.1) is 23.2 Å². The van der Waals surface area contributed by atoms with Crippen LogP contribution in [-0.4, -0.2) is 93.9 Å². The number of nitrogens with one attached hydrogen (secondary N) is 1. The quantitative estimate of drug-likeness (QED) is 0.0830. The molecule has 29 nitrogen and oxygen atoms in total. The largest absolute Gasteiger partial charge is 0.459 e. The van der Waals surface area contributed by atoms with Crippen LogP contribution in [0.3, 0.4) is 0 Å². The second kappa shape index (κ2) is 25.5. The van der Waals surface area contributed by atoms with Gasteiger partial charge in [-0.25, -0.2) is 19.7 Å². The van der Waals surface area contributed by atoms with Gasteiger partial charge in [0.1, 0.15) is 35.1 Å². The number of aromatic nitrogens is 12. The lowest BCUT2D eigenvalue weighted by molar-refractivity contribution is -0.390. The molecule has 0 amide bonds. The third-order valence-electron chi connectivity index (χ3n) is 6.86. The molecule has 1 atom stereocenters. The van der Waals surface area contributed by atoms with E-state index in [4.69, 9.17) is 27.9 Å². The van der Waals surface area contributed by atoms with Gasteiger partial charge in [0.2, 0.25) is 25.3 Å². The van der Waals surface area contributed by atoms with Gasteiger partial charge in [-0.1, -0.05) is 15.9 Å². The molecular weight excluding hydrogens is 953 g/mol. The summed E-state index contributed by atoms with van der Waals surface area (Å²) in [4.78, 5) is 83.9. The molecule has 0 aromatic carbocycles. The molecule has 6 rings (SSSR count). The Morgan fingerprint density at radius 3 is 1.57 bits per heavy atom. The number of rotatable bonds is 9. The first-order chi connectivity index (χ1) is 29.4. The average Bonchev–Trinajstić information content (AvgIpc) is 4.06. The molecule has 0 saturated carbocycles. The molecule has 0 aliphatic carbocycles. The van der Waals surface area contributed by atoms with E-state index in [1.807, 2.05) is 17.8 Å².